The molecule has 0 N–H and O–H groups in total. The molecule has 2 aliphatic rings. The number of rotatable bonds is 2. The first-order valence-electron chi connectivity index (χ1n) is 9.84. The lowest BCUT2D eigenvalue weighted by atomic mass is 10.0. The molecule has 2 aromatic rings. The molecule has 0 radical (unpaired) electrons. The number of aromatic nitrogens is 1. The Kier molecular flexibility index (Phi) is 5.16. The summed E-state index contributed by atoms with van der Waals surface area (Å²) < 4.78 is 5.37. The Morgan fingerprint density at radius 2 is 2.00 bits per heavy atom. The van der Waals surface area contributed by atoms with E-state index in [4.69, 9.17) is 9.72 Å². The summed E-state index contributed by atoms with van der Waals surface area (Å²) in [5.41, 5.74) is 2.28. The van der Waals surface area contributed by atoms with Gasteiger partial charge in [-0.05, 0) is 37.5 Å². The van der Waals surface area contributed by atoms with Gasteiger partial charge >= 0.3 is 6.03 Å². The van der Waals surface area contributed by atoms with Crippen molar-refractivity contribution in [2.75, 3.05) is 51.3 Å². The number of anilines is 1. The molecule has 2 fully saturated rings. The molecule has 0 saturated carbocycles. The number of amides is 2. The van der Waals surface area contributed by atoms with Gasteiger partial charge in [-0.1, -0.05) is 18.2 Å². The number of ether oxygens (including phenoxy) is 1. The van der Waals surface area contributed by atoms with Crippen LogP contribution < -0.4 is 4.90 Å². The van der Waals surface area contributed by atoms with Gasteiger partial charge in [-0.25, -0.2) is 9.78 Å². The standard InChI is InChI=1S/C21H28N4O2/c1-16-14-20(22-19-8-4-3-7-18(16)19)25-9-5-6-17(15-25)23(2)21(26)24-10-12-27-13-11-24/h3-4,7-8,14,17H,5-6,9-13,15H2,1-2H3. The Labute approximate surface area is 160 Å². The van der Waals surface area contributed by atoms with Crippen LogP contribution in [0.25, 0.3) is 10.9 Å². The fourth-order valence-corrected chi connectivity index (χ4v) is 4.11. The van der Waals surface area contributed by atoms with Crippen molar-refractivity contribution in [3.8, 4) is 0 Å². The van der Waals surface area contributed by atoms with Crippen LogP contribution in [0.15, 0.2) is 30.3 Å². The van der Waals surface area contributed by atoms with Crippen LogP contribution in [0.1, 0.15) is 18.4 Å². The molecule has 1 unspecified atom stereocenters. The fraction of sp³-hybridized carbons (Fsp3) is 0.524. The van der Waals surface area contributed by atoms with Crippen LogP contribution in [-0.2, 0) is 4.74 Å². The molecule has 6 heteroatoms. The van der Waals surface area contributed by atoms with E-state index in [0.29, 0.717) is 26.3 Å². The summed E-state index contributed by atoms with van der Waals surface area (Å²) in [5.74, 6) is 1.02. The minimum atomic E-state index is 0.118. The van der Waals surface area contributed by atoms with Crippen molar-refractivity contribution in [3.05, 3.63) is 35.9 Å². The smallest absolute Gasteiger partial charge is 0.320 e. The number of pyridine rings is 1. The maximum Gasteiger partial charge on any atom is 0.320 e. The first-order valence-corrected chi connectivity index (χ1v) is 9.84. The van der Waals surface area contributed by atoms with E-state index in [1.54, 1.807) is 0 Å². The summed E-state index contributed by atoms with van der Waals surface area (Å²) >= 11 is 0. The number of para-hydroxylation sites is 1. The van der Waals surface area contributed by atoms with E-state index in [1.807, 2.05) is 22.9 Å². The van der Waals surface area contributed by atoms with Gasteiger partial charge in [0.1, 0.15) is 5.82 Å². The highest BCUT2D eigenvalue weighted by Gasteiger charge is 2.30. The molecule has 4 rings (SSSR count). The Balaban J connectivity index is 1.50. The van der Waals surface area contributed by atoms with E-state index in [9.17, 15) is 4.79 Å². The quantitative estimate of drug-likeness (QED) is 0.818. The van der Waals surface area contributed by atoms with Crippen molar-refractivity contribution in [1.82, 2.24) is 14.8 Å². The number of fused-ring (bicyclic) bond motifs is 1. The van der Waals surface area contributed by atoms with E-state index < -0.39 is 0 Å². The molecule has 2 aliphatic heterocycles. The predicted octanol–water partition coefficient (Wildman–Crippen LogP) is 2.90. The molecule has 1 atom stereocenters. The second kappa shape index (κ2) is 7.72. The summed E-state index contributed by atoms with van der Waals surface area (Å²) in [6.45, 7) is 6.60. The van der Waals surface area contributed by atoms with Gasteiger partial charge in [0, 0.05) is 38.6 Å². The van der Waals surface area contributed by atoms with Crippen LogP contribution in [0, 0.1) is 6.92 Å². The summed E-state index contributed by atoms with van der Waals surface area (Å²) in [6, 6.07) is 10.8. The van der Waals surface area contributed by atoms with Crippen molar-refractivity contribution in [2.45, 2.75) is 25.8 Å². The first-order chi connectivity index (χ1) is 13.1. The fourth-order valence-electron chi connectivity index (χ4n) is 4.11. The number of hydrogen-bond acceptors (Lipinski definition) is 4. The molecule has 0 spiro atoms. The number of nitrogens with zero attached hydrogens (tertiary/aromatic N) is 4. The van der Waals surface area contributed by atoms with Crippen LogP contribution in [0.2, 0.25) is 0 Å². The molecule has 6 nitrogen and oxygen atoms in total. The molecule has 2 amide bonds. The summed E-state index contributed by atoms with van der Waals surface area (Å²) in [5, 5.41) is 1.20. The molecule has 27 heavy (non-hydrogen) atoms. The molecular formula is C21H28N4O2. The number of aryl methyl sites for hydroxylation is 1. The van der Waals surface area contributed by atoms with Gasteiger partial charge in [0.25, 0.3) is 0 Å². The van der Waals surface area contributed by atoms with Crippen LogP contribution in [0.4, 0.5) is 10.6 Å². The Morgan fingerprint density at radius 3 is 2.81 bits per heavy atom. The number of likely N-dealkylation sites (N-methyl/N-ethyl adjacent to an activating group) is 1. The number of carbonyl (C=O) groups is 1. The SMILES string of the molecule is Cc1cc(N2CCCC(N(C)C(=O)N3CCOCC3)C2)nc2ccccc12. The average molecular weight is 368 g/mol. The zero-order chi connectivity index (χ0) is 18.8. The number of hydrogen-bond donors (Lipinski definition) is 0. The lowest BCUT2D eigenvalue weighted by molar-refractivity contribution is 0.0414. The van der Waals surface area contributed by atoms with Gasteiger partial charge in [0.05, 0.1) is 24.8 Å². The van der Waals surface area contributed by atoms with Crippen LogP contribution >= 0.6 is 0 Å². The molecular weight excluding hydrogens is 340 g/mol. The maximum atomic E-state index is 12.8. The molecule has 0 aliphatic carbocycles. The van der Waals surface area contributed by atoms with Crippen molar-refractivity contribution < 1.29 is 9.53 Å². The topological polar surface area (TPSA) is 48.9 Å². The maximum absolute atomic E-state index is 12.8. The third-order valence-electron chi connectivity index (χ3n) is 5.76. The largest absolute Gasteiger partial charge is 0.378 e. The second-order valence-electron chi connectivity index (χ2n) is 7.55. The van der Waals surface area contributed by atoms with E-state index in [0.717, 1.165) is 37.3 Å². The van der Waals surface area contributed by atoms with E-state index in [1.165, 1.54) is 10.9 Å². The predicted molar refractivity (Wildman–Crippen MR) is 107 cm³/mol. The second-order valence-corrected chi connectivity index (χ2v) is 7.55. The van der Waals surface area contributed by atoms with Gasteiger partial charge in [-0.3, -0.25) is 0 Å². The number of piperidine rings is 1. The number of carbonyl (C=O) groups excluding carboxylic acids is 1. The van der Waals surface area contributed by atoms with Crippen molar-refractivity contribution in [2.24, 2.45) is 0 Å². The van der Waals surface area contributed by atoms with Crippen LogP contribution in [0.3, 0.4) is 0 Å². The molecule has 0 bridgehead atoms. The van der Waals surface area contributed by atoms with Crippen molar-refractivity contribution in [1.29, 1.82) is 0 Å². The summed E-state index contributed by atoms with van der Waals surface area (Å²) in [6.07, 6.45) is 2.11. The van der Waals surface area contributed by atoms with Gasteiger partial charge in [-0.15, -0.1) is 0 Å². The van der Waals surface area contributed by atoms with Gasteiger partial charge in [0.2, 0.25) is 0 Å². The zero-order valence-electron chi connectivity index (χ0n) is 16.2. The minimum absolute atomic E-state index is 0.118. The first kappa shape index (κ1) is 18.0. The third kappa shape index (κ3) is 3.72. The molecule has 3 heterocycles. The van der Waals surface area contributed by atoms with Gasteiger partial charge in [0.15, 0.2) is 0 Å². The highest BCUT2D eigenvalue weighted by Crippen LogP contribution is 2.26. The number of benzene rings is 1. The lowest BCUT2D eigenvalue weighted by Gasteiger charge is -2.40. The van der Waals surface area contributed by atoms with E-state index >= 15 is 0 Å². The Morgan fingerprint density at radius 1 is 1.22 bits per heavy atom. The monoisotopic (exact) mass is 368 g/mol. The number of urea groups is 1. The Hall–Kier alpha value is -2.34. The lowest BCUT2D eigenvalue weighted by Crippen LogP contribution is -2.54. The van der Waals surface area contributed by atoms with Crippen molar-refractivity contribution in [3.63, 3.8) is 0 Å². The minimum Gasteiger partial charge on any atom is -0.378 e. The molecule has 144 valence electrons. The van der Waals surface area contributed by atoms with E-state index in [2.05, 4.69) is 36.1 Å². The highest BCUT2D eigenvalue weighted by molar-refractivity contribution is 5.83. The van der Waals surface area contributed by atoms with Gasteiger partial charge < -0.3 is 19.4 Å². The highest BCUT2D eigenvalue weighted by atomic mass is 16.5. The molecule has 1 aromatic heterocycles. The number of morpholine rings is 1. The van der Waals surface area contributed by atoms with Crippen LogP contribution in [-0.4, -0.2) is 73.3 Å². The van der Waals surface area contributed by atoms with Crippen molar-refractivity contribution >= 4 is 22.8 Å². The van der Waals surface area contributed by atoms with Crippen LogP contribution in [0.5, 0.6) is 0 Å². The third-order valence-corrected chi connectivity index (χ3v) is 5.76. The Bertz CT molecular complexity index is 819. The van der Waals surface area contributed by atoms with Gasteiger partial charge in [-0.2, -0.15) is 0 Å². The summed E-state index contributed by atoms with van der Waals surface area (Å²) in [7, 11) is 1.94. The zero-order valence-corrected chi connectivity index (χ0v) is 16.2. The summed E-state index contributed by atoms with van der Waals surface area (Å²) in [4.78, 5) is 23.9. The van der Waals surface area contributed by atoms with E-state index in [-0.39, 0.29) is 12.1 Å². The molecule has 2 saturated heterocycles. The normalized spacial score (nSPS) is 20.7. The average Bonchev–Trinajstić information content (AvgIpc) is 2.73. The molecule has 1 aromatic carbocycles.